The van der Waals surface area contributed by atoms with E-state index in [1.54, 1.807) is 12.1 Å². The molecule has 0 saturated carbocycles. The van der Waals surface area contributed by atoms with E-state index in [9.17, 15) is 4.39 Å². The molecular weight excluding hydrogens is 237 g/mol. The van der Waals surface area contributed by atoms with Crippen LogP contribution in [0.3, 0.4) is 0 Å². The Hall–Kier alpha value is -2.35. The van der Waals surface area contributed by atoms with Crippen LogP contribution in [0.15, 0.2) is 66.7 Å². The molecule has 0 aliphatic rings. The first-order chi connectivity index (χ1) is 9.31. The monoisotopic (exact) mass is 251 g/mol. The molecule has 0 spiro atoms. The molecule has 94 valence electrons. The maximum atomic E-state index is 13.1. The number of hydrogen-bond donors (Lipinski definition) is 1. The van der Waals surface area contributed by atoms with Gasteiger partial charge in [-0.25, -0.2) is 4.39 Å². The van der Waals surface area contributed by atoms with Gasteiger partial charge in [0.2, 0.25) is 0 Å². The Kier molecular flexibility index (Phi) is 3.15. The number of hydrogen-bond acceptors (Lipinski definition) is 1. The minimum Gasteiger partial charge on any atom is -0.381 e. The molecule has 0 unspecified atom stereocenters. The molecule has 0 radical (unpaired) electrons. The molecule has 0 aromatic heterocycles. The fraction of sp³-hybridized carbons (Fsp3) is 0.0588. The maximum Gasteiger partial charge on any atom is 0.123 e. The van der Waals surface area contributed by atoms with E-state index >= 15 is 0 Å². The van der Waals surface area contributed by atoms with E-state index in [4.69, 9.17) is 0 Å². The van der Waals surface area contributed by atoms with Gasteiger partial charge in [-0.05, 0) is 40.6 Å². The van der Waals surface area contributed by atoms with Gasteiger partial charge in [0, 0.05) is 12.2 Å². The highest BCUT2D eigenvalue weighted by Gasteiger charge is 1.98. The fourth-order valence-corrected chi connectivity index (χ4v) is 2.15. The van der Waals surface area contributed by atoms with Crippen LogP contribution in [-0.2, 0) is 6.54 Å². The third-order valence-electron chi connectivity index (χ3n) is 3.14. The van der Waals surface area contributed by atoms with Gasteiger partial charge in [0.15, 0.2) is 0 Å². The lowest BCUT2D eigenvalue weighted by Gasteiger charge is -2.08. The van der Waals surface area contributed by atoms with E-state index in [1.807, 2.05) is 24.3 Å². The van der Waals surface area contributed by atoms with Gasteiger partial charge in [-0.15, -0.1) is 0 Å². The van der Waals surface area contributed by atoms with Crippen molar-refractivity contribution in [1.82, 2.24) is 0 Å². The van der Waals surface area contributed by atoms with Crippen molar-refractivity contribution in [2.24, 2.45) is 0 Å². The van der Waals surface area contributed by atoms with Crippen molar-refractivity contribution < 1.29 is 4.39 Å². The molecule has 2 heteroatoms. The standard InChI is InChI=1S/C17H14FN/c18-16-7-3-4-13(10-16)12-19-17-9-8-14-5-1-2-6-15(14)11-17/h1-11,19H,12H2. The Morgan fingerprint density at radius 1 is 0.789 bits per heavy atom. The van der Waals surface area contributed by atoms with Crippen LogP contribution in [0.5, 0.6) is 0 Å². The Morgan fingerprint density at radius 2 is 1.63 bits per heavy atom. The first-order valence-electron chi connectivity index (χ1n) is 6.28. The molecule has 0 bridgehead atoms. The summed E-state index contributed by atoms with van der Waals surface area (Å²) in [5.74, 6) is -0.196. The number of anilines is 1. The Bertz CT molecular complexity index is 706. The third-order valence-corrected chi connectivity index (χ3v) is 3.14. The summed E-state index contributed by atoms with van der Waals surface area (Å²) >= 11 is 0. The van der Waals surface area contributed by atoms with Gasteiger partial charge in [-0.2, -0.15) is 0 Å². The summed E-state index contributed by atoms with van der Waals surface area (Å²) in [5, 5.41) is 5.74. The summed E-state index contributed by atoms with van der Waals surface area (Å²) in [6.07, 6.45) is 0. The summed E-state index contributed by atoms with van der Waals surface area (Å²) in [7, 11) is 0. The zero-order chi connectivity index (χ0) is 13.1. The van der Waals surface area contributed by atoms with Gasteiger partial charge in [0.25, 0.3) is 0 Å². The molecule has 0 amide bonds. The Labute approximate surface area is 111 Å². The molecule has 0 atom stereocenters. The largest absolute Gasteiger partial charge is 0.381 e. The zero-order valence-corrected chi connectivity index (χ0v) is 10.4. The van der Waals surface area contributed by atoms with E-state index in [0.717, 1.165) is 11.3 Å². The average Bonchev–Trinajstić information content (AvgIpc) is 2.45. The van der Waals surface area contributed by atoms with Crippen molar-refractivity contribution in [3.63, 3.8) is 0 Å². The predicted molar refractivity (Wildman–Crippen MR) is 77.7 cm³/mol. The molecule has 3 aromatic rings. The summed E-state index contributed by atoms with van der Waals surface area (Å²) in [6.45, 7) is 0.621. The molecule has 1 nitrogen and oxygen atoms in total. The van der Waals surface area contributed by atoms with Gasteiger partial charge in [-0.3, -0.25) is 0 Å². The van der Waals surface area contributed by atoms with E-state index in [-0.39, 0.29) is 5.82 Å². The van der Waals surface area contributed by atoms with Crippen LogP contribution >= 0.6 is 0 Å². The first-order valence-corrected chi connectivity index (χ1v) is 6.28. The summed E-state index contributed by atoms with van der Waals surface area (Å²) < 4.78 is 13.1. The van der Waals surface area contributed by atoms with Gasteiger partial charge >= 0.3 is 0 Å². The summed E-state index contributed by atoms with van der Waals surface area (Å²) in [4.78, 5) is 0. The van der Waals surface area contributed by atoms with Crippen LogP contribution in [-0.4, -0.2) is 0 Å². The lowest BCUT2D eigenvalue weighted by atomic mass is 10.1. The normalized spacial score (nSPS) is 10.6. The summed E-state index contributed by atoms with van der Waals surface area (Å²) in [5.41, 5.74) is 1.98. The lowest BCUT2D eigenvalue weighted by Crippen LogP contribution is -1.99. The quantitative estimate of drug-likeness (QED) is 0.717. The first kappa shape index (κ1) is 11.7. The highest BCUT2D eigenvalue weighted by Crippen LogP contribution is 2.19. The minimum atomic E-state index is -0.196. The van der Waals surface area contributed by atoms with Gasteiger partial charge in [0.05, 0.1) is 0 Å². The second kappa shape index (κ2) is 5.11. The molecule has 3 rings (SSSR count). The molecule has 0 heterocycles. The van der Waals surface area contributed by atoms with Crippen molar-refractivity contribution in [3.05, 3.63) is 78.1 Å². The van der Waals surface area contributed by atoms with Gasteiger partial charge < -0.3 is 5.32 Å². The van der Waals surface area contributed by atoms with Crippen LogP contribution < -0.4 is 5.32 Å². The van der Waals surface area contributed by atoms with Crippen LogP contribution in [0, 0.1) is 5.82 Å². The maximum absolute atomic E-state index is 13.1. The second-order valence-electron chi connectivity index (χ2n) is 4.55. The average molecular weight is 251 g/mol. The molecular formula is C17H14FN. The zero-order valence-electron chi connectivity index (χ0n) is 10.4. The van der Waals surface area contributed by atoms with Crippen molar-refractivity contribution in [3.8, 4) is 0 Å². The number of benzene rings is 3. The molecule has 0 aliphatic carbocycles. The smallest absolute Gasteiger partial charge is 0.123 e. The van der Waals surface area contributed by atoms with Crippen molar-refractivity contribution in [2.45, 2.75) is 6.54 Å². The van der Waals surface area contributed by atoms with Crippen molar-refractivity contribution in [2.75, 3.05) is 5.32 Å². The molecule has 1 N–H and O–H groups in total. The van der Waals surface area contributed by atoms with Crippen molar-refractivity contribution >= 4 is 16.5 Å². The topological polar surface area (TPSA) is 12.0 Å². The highest BCUT2D eigenvalue weighted by atomic mass is 19.1. The van der Waals surface area contributed by atoms with E-state index in [1.165, 1.54) is 16.8 Å². The van der Waals surface area contributed by atoms with Crippen LogP contribution in [0.4, 0.5) is 10.1 Å². The van der Waals surface area contributed by atoms with E-state index in [0.29, 0.717) is 6.54 Å². The van der Waals surface area contributed by atoms with Crippen molar-refractivity contribution in [1.29, 1.82) is 0 Å². The van der Waals surface area contributed by atoms with E-state index in [2.05, 4.69) is 29.6 Å². The number of fused-ring (bicyclic) bond motifs is 1. The predicted octanol–water partition coefficient (Wildman–Crippen LogP) is 4.59. The number of halogens is 1. The number of nitrogens with one attached hydrogen (secondary N) is 1. The summed E-state index contributed by atoms with van der Waals surface area (Å²) in [6, 6.07) is 21.1. The third kappa shape index (κ3) is 2.74. The van der Waals surface area contributed by atoms with Gasteiger partial charge in [0.1, 0.15) is 5.82 Å². The van der Waals surface area contributed by atoms with Crippen LogP contribution in [0.1, 0.15) is 5.56 Å². The molecule has 3 aromatic carbocycles. The molecule has 0 fully saturated rings. The Balaban J connectivity index is 1.78. The highest BCUT2D eigenvalue weighted by molar-refractivity contribution is 5.85. The van der Waals surface area contributed by atoms with Gasteiger partial charge in [-0.1, -0.05) is 42.5 Å². The van der Waals surface area contributed by atoms with Crippen LogP contribution in [0.25, 0.3) is 10.8 Å². The molecule has 19 heavy (non-hydrogen) atoms. The second-order valence-corrected chi connectivity index (χ2v) is 4.55. The molecule has 0 aliphatic heterocycles. The minimum absolute atomic E-state index is 0.196. The van der Waals surface area contributed by atoms with Crippen LogP contribution in [0.2, 0.25) is 0 Å². The molecule has 0 saturated heterocycles. The Morgan fingerprint density at radius 3 is 2.47 bits per heavy atom. The lowest BCUT2D eigenvalue weighted by molar-refractivity contribution is 0.626. The fourth-order valence-electron chi connectivity index (χ4n) is 2.15. The number of rotatable bonds is 3. The SMILES string of the molecule is Fc1cccc(CNc2ccc3ccccc3c2)c1. The van der Waals surface area contributed by atoms with E-state index < -0.39 is 0 Å².